The molecule has 0 aliphatic heterocycles. The van der Waals surface area contributed by atoms with Gasteiger partial charge in [0.25, 0.3) is 0 Å². The second kappa shape index (κ2) is 6.53. The highest BCUT2D eigenvalue weighted by atomic mass is 19.1. The maximum absolute atomic E-state index is 13.0. The Hall–Kier alpha value is -1.61. The zero-order valence-electron chi connectivity index (χ0n) is 11.6. The summed E-state index contributed by atoms with van der Waals surface area (Å²) in [5, 5.41) is 3.38. The van der Waals surface area contributed by atoms with Crippen LogP contribution in [0.15, 0.2) is 36.7 Å². The van der Waals surface area contributed by atoms with Crippen LogP contribution >= 0.6 is 0 Å². The van der Waals surface area contributed by atoms with Crippen LogP contribution in [0.3, 0.4) is 0 Å². The molecule has 1 N–H and O–H groups in total. The molecule has 0 atom stereocenters. The number of rotatable bonds is 6. The fourth-order valence-corrected chi connectivity index (χ4v) is 2.14. The molecule has 3 heteroatoms. The Morgan fingerprint density at radius 1 is 1.26 bits per heavy atom. The van der Waals surface area contributed by atoms with E-state index in [0.717, 1.165) is 37.2 Å². The maximum atomic E-state index is 13.0. The number of benzene rings is 1. The highest BCUT2D eigenvalue weighted by Crippen LogP contribution is 2.12. The molecule has 2 rings (SSSR count). The molecule has 0 saturated heterocycles. The van der Waals surface area contributed by atoms with Crippen molar-refractivity contribution in [2.24, 2.45) is 0 Å². The number of aromatic nitrogens is 1. The average molecular weight is 260 g/mol. The molecule has 102 valence electrons. The number of hydrogen-bond acceptors (Lipinski definition) is 1. The van der Waals surface area contributed by atoms with E-state index in [0.29, 0.717) is 0 Å². The largest absolute Gasteiger partial charge is 0.350 e. The third-order valence-corrected chi connectivity index (χ3v) is 3.23. The van der Waals surface area contributed by atoms with Crippen LogP contribution in [0.25, 0.3) is 0 Å². The van der Waals surface area contributed by atoms with Crippen LogP contribution < -0.4 is 5.32 Å². The number of nitrogens with zero attached hydrogens (tertiary/aromatic N) is 1. The summed E-state index contributed by atoms with van der Waals surface area (Å²) in [5.41, 5.74) is 3.44. The Morgan fingerprint density at radius 2 is 2.11 bits per heavy atom. The lowest BCUT2D eigenvalue weighted by Gasteiger charge is -2.07. The van der Waals surface area contributed by atoms with Crippen molar-refractivity contribution in [3.63, 3.8) is 0 Å². The first-order valence-electron chi connectivity index (χ1n) is 6.79. The van der Waals surface area contributed by atoms with Crippen LogP contribution in [-0.2, 0) is 13.1 Å². The van der Waals surface area contributed by atoms with Crippen molar-refractivity contribution in [2.75, 3.05) is 6.54 Å². The Balaban J connectivity index is 1.99. The van der Waals surface area contributed by atoms with Crippen molar-refractivity contribution in [1.82, 2.24) is 9.88 Å². The first kappa shape index (κ1) is 13.8. The van der Waals surface area contributed by atoms with E-state index >= 15 is 0 Å². The molecule has 0 spiro atoms. The predicted octanol–water partition coefficient (Wildman–Crippen LogP) is 3.48. The second-order valence-electron chi connectivity index (χ2n) is 4.94. The first-order chi connectivity index (χ1) is 9.19. The van der Waals surface area contributed by atoms with Crippen molar-refractivity contribution in [3.05, 3.63) is 59.2 Å². The Bertz CT molecular complexity index is 531. The van der Waals surface area contributed by atoms with Gasteiger partial charge in [0.1, 0.15) is 5.82 Å². The molecule has 1 heterocycles. The molecule has 1 aromatic carbocycles. The molecule has 0 saturated carbocycles. The molecule has 0 aliphatic carbocycles. The molecular weight excluding hydrogens is 239 g/mol. The molecule has 0 amide bonds. The fraction of sp³-hybridized carbons (Fsp3) is 0.375. The van der Waals surface area contributed by atoms with Gasteiger partial charge in [0, 0.05) is 25.5 Å². The predicted molar refractivity (Wildman–Crippen MR) is 76.7 cm³/mol. The summed E-state index contributed by atoms with van der Waals surface area (Å²) < 4.78 is 15.2. The summed E-state index contributed by atoms with van der Waals surface area (Å²) in [7, 11) is 0. The Morgan fingerprint density at radius 3 is 2.84 bits per heavy atom. The average Bonchev–Trinajstić information content (AvgIpc) is 2.81. The molecule has 0 radical (unpaired) electrons. The van der Waals surface area contributed by atoms with Gasteiger partial charge in [-0.25, -0.2) is 4.39 Å². The lowest BCUT2D eigenvalue weighted by Crippen LogP contribution is -2.13. The van der Waals surface area contributed by atoms with Gasteiger partial charge in [-0.15, -0.1) is 0 Å². The second-order valence-corrected chi connectivity index (χ2v) is 4.94. The molecule has 19 heavy (non-hydrogen) atoms. The summed E-state index contributed by atoms with van der Waals surface area (Å²) >= 11 is 0. The van der Waals surface area contributed by atoms with Gasteiger partial charge in [-0.2, -0.15) is 0 Å². The molecule has 2 nitrogen and oxygen atoms in total. The molecular formula is C16H21FN2. The van der Waals surface area contributed by atoms with Crippen molar-refractivity contribution >= 4 is 0 Å². The van der Waals surface area contributed by atoms with Gasteiger partial charge in [0.05, 0.1) is 0 Å². The van der Waals surface area contributed by atoms with E-state index in [4.69, 9.17) is 0 Å². The van der Waals surface area contributed by atoms with E-state index in [9.17, 15) is 4.39 Å². The summed E-state index contributed by atoms with van der Waals surface area (Å²) in [5.74, 6) is -0.168. The van der Waals surface area contributed by atoms with Gasteiger partial charge in [-0.3, -0.25) is 0 Å². The topological polar surface area (TPSA) is 17.0 Å². The van der Waals surface area contributed by atoms with E-state index in [1.165, 1.54) is 11.6 Å². The quantitative estimate of drug-likeness (QED) is 0.787. The van der Waals surface area contributed by atoms with Gasteiger partial charge in [-0.05, 0) is 54.8 Å². The Labute approximate surface area is 114 Å². The van der Waals surface area contributed by atoms with Gasteiger partial charge in [-0.1, -0.05) is 13.0 Å². The van der Waals surface area contributed by atoms with E-state index in [-0.39, 0.29) is 5.82 Å². The lowest BCUT2D eigenvalue weighted by molar-refractivity contribution is 0.624. The van der Waals surface area contributed by atoms with Crippen molar-refractivity contribution in [3.8, 4) is 0 Å². The normalized spacial score (nSPS) is 10.9. The molecule has 1 aromatic heterocycles. The van der Waals surface area contributed by atoms with E-state index in [2.05, 4.69) is 35.3 Å². The van der Waals surface area contributed by atoms with Crippen molar-refractivity contribution in [2.45, 2.75) is 33.4 Å². The first-order valence-corrected chi connectivity index (χ1v) is 6.79. The van der Waals surface area contributed by atoms with Gasteiger partial charge in [0.15, 0.2) is 0 Å². The van der Waals surface area contributed by atoms with E-state index < -0.39 is 0 Å². The highest BCUT2D eigenvalue weighted by molar-refractivity contribution is 5.27. The molecule has 0 aliphatic rings. The van der Waals surface area contributed by atoms with Crippen molar-refractivity contribution in [1.29, 1.82) is 0 Å². The summed E-state index contributed by atoms with van der Waals surface area (Å²) in [4.78, 5) is 0. The van der Waals surface area contributed by atoms with Crippen LogP contribution in [0.4, 0.5) is 4.39 Å². The third kappa shape index (κ3) is 3.93. The molecule has 2 aromatic rings. The SMILES string of the molecule is CCCNCc1ccn(Cc2ccc(F)cc2C)c1. The summed E-state index contributed by atoms with van der Waals surface area (Å²) in [6, 6.07) is 7.10. The van der Waals surface area contributed by atoms with Crippen molar-refractivity contribution < 1.29 is 4.39 Å². The molecule has 0 unspecified atom stereocenters. The van der Waals surface area contributed by atoms with Crippen LogP contribution in [-0.4, -0.2) is 11.1 Å². The minimum absolute atomic E-state index is 0.168. The zero-order chi connectivity index (χ0) is 13.7. The molecule has 0 bridgehead atoms. The monoisotopic (exact) mass is 260 g/mol. The minimum Gasteiger partial charge on any atom is -0.350 e. The number of aryl methyl sites for hydroxylation is 1. The van der Waals surface area contributed by atoms with Gasteiger partial charge in [0.2, 0.25) is 0 Å². The van der Waals surface area contributed by atoms with E-state index in [1.54, 1.807) is 6.07 Å². The minimum atomic E-state index is -0.168. The van der Waals surface area contributed by atoms with Crippen LogP contribution in [0.2, 0.25) is 0 Å². The summed E-state index contributed by atoms with van der Waals surface area (Å²) in [6.45, 7) is 6.85. The van der Waals surface area contributed by atoms with Crippen LogP contribution in [0, 0.1) is 12.7 Å². The number of halogens is 1. The van der Waals surface area contributed by atoms with Crippen LogP contribution in [0.5, 0.6) is 0 Å². The lowest BCUT2D eigenvalue weighted by atomic mass is 10.1. The number of nitrogens with one attached hydrogen (secondary N) is 1. The fourth-order valence-electron chi connectivity index (χ4n) is 2.14. The molecule has 0 fully saturated rings. The highest BCUT2D eigenvalue weighted by Gasteiger charge is 2.02. The van der Waals surface area contributed by atoms with E-state index in [1.807, 2.05) is 13.0 Å². The standard InChI is InChI=1S/C16H21FN2/c1-3-7-18-10-14-6-8-19(11-14)12-15-4-5-16(17)9-13(15)2/h4-6,8-9,11,18H,3,7,10,12H2,1-2H3. The summed E-state index contributed by atoms with van der Waals surface area (Å²) in [6.07, 6.45) is 5.37. The van der Waals surface area contributed by atoms with Crippen LogP contribution in [0.1, 0.15) is 30.0 Å². The smallest absolute Gasteiger partial charge is 0.123 e. The Kier molecular flexibility index (Phi) is 4.74. The van der Waals surface area contributed by atoms with Gasteiger partial charge >= 0.3 is 0 Å². The number of hydrogen-bond donors (Lipinski definition) is 1. The zero-order valence-corrected chi connectivity index (χ0v) is 11.6. The van der Waals surface area contributed by atoms with Gasteiger partial charge < -0.3 is 9.88 Å². The third-order valence-electron chi connectivity index (χ3n) is 3.23. The maximum Gasteiger partial charge on any atom is 0.123 e.